The van der Waals surface area contributed by atoms with Crippen LogP contribution in [0.5, 0.6) is 0 Å². The number of aliphatic hydroxyl groups is 1. The summed E-state index contributed by atoms with van der Waals surface area (Å²) in [5.74, 6) is 2.28. The molecule has 0 spiro atoms. The number of fused-ring (bicyclic) bond motifs is 1. The minimum absolute atomic E-state index is 0.0498. The van der Waals surface area contributed by atoms with E-state index in [0.717, 1.165) is 30.8 Å². The molecule has 122 valence electrons. The van der Waals surface area contributed by atoms with E-state index in [-0.39, 0.29) is 6.10 Å². The molecule has 5 atom stereocenters. The van der Waals surface area contributed by atoms with Gasteiger partial charge in [-0.1, -0.05) is 33.6 Å². The number of hydrogen-bond acceptors (Lipinski definition) is 2. The molecule has 1 N–H and O–H groups in total. The normalized spacial score (nSPS) is 42.0. The third-order valence-corrected chi connectivity index (χ3v) is 6.76. The third kappa shape index (κ3) is 3.47. The molecule has 0 radical (unpaired) electrons. The fraction of sp³-hybridized carbons (Fsp3) is 1.00. The second-order valence-corrected chi connectivity index (χ2v) is 9.10. The number of likely N-dealkylation sites (tertiary alicyclic amines) is 1. The Morgan fingerprint density at radius 3 is 2.52 bits per heavy atom. The van der Waals surface area contributed by atoms with Crippen molar-refractivity contribution in [1.29, 1.82) is 0 Å². The van der Waals surface area contributed by atoms with E-state index in [0.29, 0.717) is 11.3 Å². The van der Waals surface area contributed by atoms with Crippen LogP contribution in [0.25, 0.3) is 0 Å². The van der Waals surface area contributed by atoms with Gasteiger partial charge in [0.05, 0.1) is 6.10 Å². The van der Waals surface area contributed by atoms with Gasteiger partial charge in [0, 0.05) is 12.6 Å². The standard InChI is InChI=1S/C19H35NO/c1-19(2,3)16-8-9-18(21)15(12-16)13-20-11-10-14-6-4-5-7-17(14)20/h14-18,21H,4-13H2,1-3H3. The van der Waals surface area contributed by atoms with Crippen molar-refractivity contribution in [2.75, 3.05) is 13.1 Å². The SMILES string of the molecule is CC(C)(C)C1CCC(O)C(CN2CCC3CCCCC32)C1. The van der Waals surface area contributed by atoms with Crippen LogP contribution in [0.15, 0.2) is 0 Å². The molecule has 2 saturated carbocycles. The lowest BCUT2D eigenvalue weighted by molar-refractivity contribution is -0.00149. The Kier molecular flexibility index (Phi) is 4.66. The molecule has 21 heavy (non-hydrogen) atoms. The van der Waals surface area contributed by atoms with Crippen LogP contribution < -0.4 is 0 Å². The average Bonchev–Trinajstić information content (AvgIpc) is 2.83. The highest BCUT2D eigenvalue weighted by Crippen LogP contribution is 2.42. The maximum absolute atomic E-state index is 10.5. The summed E-state index contributed by atoms with van der Waals surface area (Å²) in [4.78, 5) is 2.75. The molecule has 0 bridgehead atoms. The second-order valence-electron chi connectivity index (χ2n) is 9.10. The Morgan fingerprint density at radius 2 is 1.76 bits per heavy atom. The van der Waals surface area contributed by atoms with Crippen LogP contribution >= 0.6 is 0 Å². The predicted octanol–water partition coefficient (Wildman–Crippen LogP) is 4.07. The summed E-state index contributed by atoms with van der Waals surface area (Å²) >= 11 is 0. The Bertz CT molecular complexity index is 348. The van der Waals surface area contributed by atoms with Crippen molar-refractivity contribution in [2.45, 2.75) is 84.3 Å². The van der Waals surface area contributed by atoms with Gasteiger partial charge in [-0.05, 0) is 68.2 Å². The topological polar surface area (TPSA) is 23.5 Å². The lowest BCUT2D eigenvalue weighted by Gasteiger charge is -2.42. The Balaban J connectivity index is 1.60. The van der Waals surface area contributed by atoms with Crippen molar-refractivity contribution in [1.82, 2.24) is 4.90 Å². The first kappa shape index (κ1) is 15.8. The summed E-state index contributed by atoms with van der Waals surface area (Å²) < 4.78 is 0. The second kappa shape index (κ2) is 6.20. The molecule has 0 aromatic heterocycles. The van der Waals surface area contributed by atoms with E-state index in [4.69, 9.17) is 0 Å². The first-order chi connectivity index (χ1) is 9.95. The van der Waals surface area contributed by atoms with Gasteiger partial charge in [-0.2, -0.15) is 0 Å². The Labute approximate surface area is 131 Å². The molecule has 3 aliphatic rings. The molecule has 1 heterocycles. The van der Waals surface area contributed by atoms with Gasteiger partial charge >= 0.3 is 0 Å². The summed E-state index contributed by atoms with van der Waals surface area (Å²) in [7, 11) is 0. The van der Waals surface area contributed by atoms with E-state index >= 15 is 0 Å². The Morgan fingerprint density at radius 1 is 1.00 bits per heavy atom. The van der Waals surface area contributed by atoms with Gasteiger partial charge < -0.3 is 5.11 Å². The molecule has 0 aromatic rings. The fourth-order valence-corrected chi connectivity index (χ4v) is 5.26. The monoisotopic (exact) mass is 293 g/mol. The summed E-state index contributed by atoms with van der Waals surface area (Å²) in [6.45, 7) is 9.58. The van der Waals surface area contributed by atoms with Gasteiger partial charge in [0.15, 0.2) is 0 Å². The number of hydrogen-bond donors (Lipinski definition) is 1. The molecule has 0 amide bonds. The predicted molar refractivity (Wildman–Crippen MR) is 88.2 cm³/mol. The summed E-state index contributed by atoms with van der Waals surface area (Å²) in [5, 5.41) is 10.5. The van der Waals surface area contributed by atoms with E-state index in [9.17, 15) is 5.11 Å². The zero-order chi connectivity index (χ0) is 15.0. The number of aliphatic hydroxyl groups excluding tert-OH is 1. The average molecular weight is 293 g/mol. The smallest absolute Gasteiger partial charge is 0.0580 e. The molecular formula is C19H35NO. The Hall–Kier alpha value is -0.0800. The maximum Gasteiger partial charge on any atom is 0.0580 e. The van der Waals surface area contributed by atoms with Gasteiger partial charge in [0.2, 0.25) is 0 Å². The third-order valence-electron chi connectivity index (χ3n) is 6.76. The lowest BCUT2D eigenvalue weighted by atomic mass is 9.68. The van der Waals surface area contributed by atoms with Gasteiger partial charge in [-0.3, -0.25) is 4.90 Å². The largest absolute Gasteiger partial charge is 0.393 e. The highest BCUT2D eigenvalue weighted by Gasteiger charge is 2.40. The summed E-state index contributed by atoms with van der Waals surface area (Å²) in [6.07, 6.45) is 10.6. The molecule has 3 fully saturated rings. The van der Waals surface area contributed by atoms with Crippen LogP contribution in [-0.2, 0) is 0 Å². The molecule has 5 unspecified atom stereocenters. The van der Waals surface area contributed by atoms with Crippen LogP contribution in [0.3, 0.4) is 0 Å². The van der Waals surface area contributed by atoms with Crippen LogP contribution in [0.2, 0.25) is 0 Å². The molecule has 1 aliphatic heterocycles. The number of nitrogens with zero attached hydrogens (tertiary/aromatic N) is 1. The minimum Gasteiger partial charge on any atom is -0.393 e. The highest BCUT2D eigenvalue weighted by atomic mass is 16.3. The van der Waals surface area contributed by atoms with E-state index in [1.807, 2.05) is 0 Å². The minimum atomic E-state index is -0.0498. The van der Waals surface area contributed by atoms with E-state index in [2.05, 4.69) is 25.7 Å². The van der Waals surface area contributed by atoms with Gasteiger partial charge in [-0.15, -0.1) is 0 Å². The van der Waals surface area contributed by atoms with Gasteiger partial charge in [-0.25, -0.2) is 0 Å². The highest BCUT2D eigenvalue weighted by molar-refractivity contribution is 4.93. The zero-order valence-electron chi connectivity index (χ0n) is 14.4. The molecule has 2 heteroatoms. The zero-order valence-corrected chi connectivity index (χ0v) is 14.4. The van der Waals surface area contributed by atoms with Crippen molar-refractivity contribution in [3.05, 3.63) is 0 Å². The van der Waals surface area contributed by atoms with Crippen LogP contribution in [0, 0.1) is 23.2 Å². The van der Waals surface area contributed by atoms with E-state index in [1.165, 1.54) is 51.5 Å². The van der Waals surface area contributed by atoms with Crippen molar-refractivity contribution in [3.63, 3.8) is 0 Å². The van der Waals surface area contributed by atoms with Crippen LogP contribution in [-0.4, -0.2) is 35.2 Å². The van der Waals surface area contributed by atoms with Gasteiger partial charge in [0.25, 0.3) is 0 Å². The van der Waals surface area contributed by atoms with E-state index < -0.39 is 0 Å². The summed E-state index contributed by atoms with van der Waals surface area (Å²) in [5.41, 5.74) is 0.400. The molecule has 2 aliphatic carbocycles. The summed E-state index contributed by atoms with van der Waals surface area (Å²) in [6, 6.07) is 0.848. The quantitative estimate of drug-likeness (QED) is 0.829. The number of rotatable bonds is 2. The van der Waals surface area contributed by atoms with Crippen LogP contribution in [0.1, 0.15) is 72.1 Å². The molecular weight excluding hydrogens is 258 g/mol. The van der Waals surface area contributed by atoms with Crippen molar-refractivity contribution in [2.24, 2.45) is 23.2 Å². The van der Waals surface area contributed by atoms with Gasteiger partial charge in [0.1, 0.15) is 0 Å². The maximum atomic E-state index is 10.5. The van der Waals surface area contributed by atoms with E-state index in [1.54, 1.807) is 0 Å². The van der Waals surface area contributed by atoms with Crippen molar-refractivity contribution >= 4 is 0 Å². The fourth-order valence-electron chi connectivity index (χ4n) is 5.26. The van der Waals surface area contributed by atoms with Crippen molar-refractivity contribution < 1.29 is 5.11 Å². The molecule has 2 nitrogen and oxygen atoms in total. The lowest BCUT2D eigenvalue weighted by Crippen LogP contribution is -2.44. The van der Waals surface area contributed by atoms with Crippen LogP contribution in [0.4, 0.5) is 0 Å². The molecule has 1 saturated heterocycles. The molecule has 0 aromatic carbocycles. The molecule has 3 rings (SSSR count). The van der Waals surface area contributed by atoms with Crippen molar-refractivity contribution in [3.8, 4) is 0 Å². The first-order valence-corrected chi connectivity index (χ1v) is 9.37. The first-order valence-electron chi connectivity index (χ1n) is 9.37.